The largest absolute Gasteiger partial charge is 0.508 e. The monoisotopic (exact) mass is 610 g/mol. The van der Waals surface area contributed by atoms with Crippen LogP contribution in [0.2, 0.25) is 5.02 Å². The summed E-state index contributed by atoms with van der Waals surface area (Å²) in [6.07, 6.45) is 2.58. The lowest BCUT2D eigenvalue weighted by molar-refractivity contribution is -0.140. The lowest BCUT2D eigenvalue weighted by atomic mass is 9.49. The first kappa shape index (κ1) is 28.3. The van der Waals surface area contributed by atoms with Crippen LogP contribution in [-0.4, -0.2) is 47.3 Å². The summed E-state index contributed by atoms with van der Waals surface area (Å²) in [5.74, 6) is -4.05. The molecular formula is C35H31ClN2O6. The number of allylic oxidation sites excluding steroid dienone is 2. The number of anilines is 1. The molecule has 3 aromatic carbocycles. The van der Waals surface area contributed by atoms with Crippen molar-refractivity contribution >= 4 is 40.9 Å². The van der Waals surface area contributed by atoms with Crippen LogP contribution < -0.4 is 9.64 Å². The molecule has 7 rings (SSSR count). The fourth-order valence-electron chi connectivity index (χ4n) is 8.40. The van der Waals surface area contributed by atoms with E-state index in [1.54, 1.807) is 43.3 Å². The normalized spacial score (nSPS) is 29.3. The molecule has 0 unspecified atom stereocenters. The molecule has 0 aromatic heterocycles. The summed E-state index contributed by atoms with van der Waals surface area (Å²) < 4.78 is 5.79. The van der Waals surface area contributed by atoms with Crippen molar-refractivity contribution in [3.8, 4) is 11.5 Å². The zero-order chi connectivity index (χ0) is 30.9. The van der Waals surface area contributed by atoms with Crippen LogP contribution in [0.1, 0.15) is 36.8 Å². The highest BCUT2D eigenvalue weighted by molar-refractivity contribution is 6.32. The first-order valence-electron chi connectivity index (χ1n) is 14.9. The Labute approximate surface area is 259 Å². The molecule has 2 heterocycles. The molecule has 0 spiro atoms. The molecule has 3 fully saturated rings. The second kappa shape index (κ2) is 10.3. The Bertz CT molecular complexity index is 1750. The Hall–Kier alpha value is -4.43. The molecule has 44 heavy (non-hydrogen) atoms. The van der Waals surface area contributed by atoms with Crippen LogP contribution in [0.5, 0.6) is 11.5 Å². The van der Waals surface area contributed by atoms with Gasteiger partial charge in [-0.3, -0.25) is 24.1 Å². The first-order chi connectivity index (χ1) is 21.2. The van der Waals surface area contributed by atoms with Gasteiger partial charge in [0.05, 0.1) is 36.0 Å². The summed E-state index contributed by atoms with van der Waals surface area (Å²) in [5.41, 5.74) is 1.08. The number of nitrogens with zero attached hydrogens (tertiary/aromatic N) is 2. The van der Waals surface area contributed by atoms with Crippen molar-refractivity contribution in [2.75, 3.05) is 18.6 Å². The highest BCUT2D eigenvalue weighted by Crippen LogP contribution is 2.65. The Balaban J connectivity index is 1.53. The molecule has 4 amide bonds. The van der Waals surface area contributed by atoms with Crippen molar-refractivity contribution in [3.05, 3.63) is 101 Å². The second-order valence-corrected chi connectivity index (χ2v) is 12.4. The Morgan fingerprint density at radius 1 is 0.932 bits per heavy atom. The summed E-state index contributed by atoms with van der Waals surface area (Å²) in [4.78, 5) is 59.5. The van der Waals surface area contributed by atoms with Crippen LogP contribution >= 0.6 is 11.6 Å². The highest BCUT2D eigenvalue weighted by atomic mass is 35.5. The van der Waals surface area contributed by atoms with Gasteiger partial charge in [-0.1, -0.05) is 65.7 Å². The average molecular weight is 611 g/mol. The van der Waals surface area contributed by atoms with Gasteiger partial charge in [-0.05, 0) is 55.5 Å². The number of phenolic OH excluding ortho intramolecular Hbond substituents is 1. The molecule has 224 valence electrons. The van der Waals surface area contributed by atoms with E-state index in [9.17, 15) is 19.5 Å². The molecule has 1 saturated carbocycles. The number of ether oxygens (including phenoxy) is 1. The molecule has 0 radical (unpaired) electrons. The van der Waals surface area contributed by atoms with Crippen LogP contribution in [0, 0.1) is 23.7 Å². The number of fused-ring (bicyclic) bond motifs is 4. The maximum absolute atomic E-state index is 15.2. The van der Waals surface area contributed by atoms with Crippen LogP contribution in [0.4, 0.5) is 5.69 Å². The van der Waals surface area contributed by atoms with E-state index in [-0.39, 0.29) is 36.4 Å². The predicted octanol–water partition coefficient (Wildman–Crippen LogP) is 5.24. The van der Waals surface area contributed by atoms with E-state index in [1.165, 1.54) is 23.0 Å². The van der Waals surface area contributed by atoms with Gasteiger partial charge >= 0.3 is 0 Å². The van der Waals surface area contributed by atoms with E-state index in [0.29, 0.717) is 34.0 Å². The number of halogens is 1. The zero-order valence-electron chi connectivity index (χ0n) is 24.3. The molecule has 3 aromatic rings. The summed E-state index contributed by atoms with van der Waals surface area (Å²) >= 11 is 6.35. The number of carbonyl (C=O) groups excluding carboxylic acids is 4. The van der Waals surface area contributed by atoms with Crippen LogP contribution in [0.3, 0.4) is 0 Å². The van der Waals surface area contributed by atoms with Crippen molar-refractivity contribution in [1.29, 1.82) is 0 Å². The zero-order valence-corrected chi connectivity index (χ0v) is 25.0. The Morgan fingerprint density at radius 3 is 2.41 bits per heavy atom. The molecule has 2 aliphatic carbocycles. The van der Waals surface area contributed by atoms with Gasteiger partial charge in [0.1, 0.15) is 11.5 Å². The molecule has 0 bridgehead atoms. The molecular weight excluding hydrogens is 580 g/mol. The topological polar surface area (TPSA) is 104 Å². The van der Waals surface area contributed by atoms with Crippen LogP contribution in [-0.2, 0) is 24.6 Å². The number of phenols is 1. The fraction of sp³-hybridized carbons (Fsp3) is 0.314. The van der Waals surface area contributed by atoms with Gasteiger partial charge in [-0.2, -0.15) is 0 Å². The third kappa shape index (κ3) is 3.76. The van der Waals surface area contributed by atoms with Gasteiger partial charge in [0.2, 0.25) is 23.6 Å². The number of carbonyl (C=O) groups is 4. The second-order valence-electron chi connectivity index (χ2n) is 11.9. The lowest BCUT2D eigenvalue weighted by Crippen LogP contribution is -2.53. The minimum atomic E-state index is -1.41. The number of hydrogen-bond acceptors (Lipinski definition) is 6. The predicted molar refractivity (Wildman–Crippen MR) is 163 cm³/mol. The van der Waals surface area contributed by atoms with Gasteiger partial charge in [-0.25, -0.2) is 4.90 Å². The van der Waals surface area contributed by atoms with E-state index in [1.807, 2.05) is 36.4 Å². The van der Waals surface area contributed by atoms with Gasteiger partial charge in [-0.15, -0.1) is 0 Å². The first-order valence-corrected chi connectivity index (χ1v) is 15.2. The number of hydrogen-bond donors (Lipinski definition) is 1. The van der Waals surface area contributed by atoms with Gasteiger partial charge in [0.25, 0.3) is 0 Å². The summed E-state index contributed by atoms with van der Waals surface area (Å²) in [6.45, 7) is 2.06. The SMILES string of the molecule is CCN1C(=O)[C@H]2[C@H](CC=C3[C@H]2C[C@H]2C(=O)N(c4cccc(Cl)c4)C(=O)[C@@]2(c2ccccc2)[C@H]3c2ccc(O)cc2OC)C1=O. The van der Waals surface area contributed by atoms with E-state index >= 15 is 4.79 Å². The maximum atomic E-state index is 15.2. The summed E-state index contributed by atoms with van der Waals surface area (Å²) in [7, 11) is 1.49. The van der Waals surface area contributed by atoms with Crippen molar-refractivity contribution in [2.45, 2.75) is 31.1 Å². The van der Waals surface area contributed by atoms with Gasteiger partial charge in [0.15, 0.2) is 0 Å². The van der Waals surface area contributed by atoms with Crippen LogP contribution in [0.25, 0.3) is 0 Å². The maximum Gasteiger partial charge on any atom is 0.246 e. The number of rotatable bonds is 5. The third-order valence-electron chi connectivity index (χ3n) is 10.1. The summed E-state index contributed by atoms with van der Waals surface area (Å²) in [5, 5.41) is 10.8. The van der Waals surface area contributed by atoms with E-state index in [0.717, 1.165) is 5.57 Å². The summed E-state index contributed by atoms with van der Waals surface area (Å²) in [6, 6.07) is 20.7. The number of amides is 4. The molecule has 6 atom stereocenters. The van der Waals surface area contributed by atoms with Crippen LogP contribution in [0.15, 0.2) is 84.4 Å². The third-order valence-corrected chi connectivity index (χ3v) is 10.3. The average Bonchev–Trinajstić information content (AvgIpc) is 3.41. The van der Waals surface area contributed by atoms with E-state index in [4.69, 9.17) is 16.3 Å². The molecule has 8 nitrogen and oxygen atoms in total. The van der Waals surface area contributed by atoms with E-state index < -0.39 is 40.9 Å². The molecule has 9 heteroatoms. The number of imide groups is 2. The van der Waals surface area contributed by atoms with Crippen molar-refractivity contribution in [1.82, 2.24) is 4.90 Å². The quantitative estimate of drug-likeness (QED) is 0.313. The molecule has 4 aliphatic rings. The standard InChI is InChI=1S/C35H31ClN2O6/c1-3-37-31(40)25-15-14-23-26(29(25)33(37)42)18-27-32(41)38(21-11-7-10-20(36)16-21)34(43)35(27,19-8-5-4-6-9-19)30(23)24-13-12-22(39)17-28(24)44-2/h4-14,16-17,25-27,29-30,39H,3,15,18H2,1-2H3/t25-,26+,27-,29-,30+,35+/m0/s1. The van der Waals surface area contributed by atoms with Gasteiger partial charge < -0.3 is 9.84 Å². The van der Waals surface area contributed by atoms with Crippen molar-refractivity contribution < 1.29 is 29.0 Å². The van der Waals surface area contributed by atoms with Crippen molar-refractivity contribution in [2.24, 2.45) is 23.7 Å². The molecule has 2 saturated heterocycles. The minimum Gasteiger partial charge on any atom is -0.508 e. The number of aromatic hydroxyl groups is 1. The van der Waals surface area contributed by atoms with Gasteiger partial charge in [0, 0.05) is 29.1 Å². The Kier molecular flexibility index (Phi) is 6.66. The number of methoxy groups -OCH3 is 1. The molecule has 1 N–H and O–H groups in total. The van der Waals surface area contributed by atoms with Crippen molar-refractivity contribution in [3.63, 3.8) is 0 Å². The highest BCUT2D eigenvalue weighted by Gasteiger charge is 2.70. The smallest absolute Gasteiger partial charge is 0.246 e. The lowest BCUT2D eigenvalue weighted by Gasteiger charge is -2.51. The fourth-order valence-corrected chi connectivity index (χ4v) is 8.59. The number of benzene rings is 3. The minimum absolute atomic E-state index is 0.00880. The number of likely N-dealkylation sites (tertiary alicyclic amines) is 1. The Morgan fingerprint density at radius 2 is 1.70 bits per heavy atom. The van der Waals surface area contributed by atoms with E-state index in [2.05, 4.69) is 0 Å². The molecule has 2 aliphatic heterocycles.